The van der Waals surface area contributed by atoms with Gasteiger partial charge in [0.05, 0.1) is 23.7 Å². The molecule has 21 heavy (non-hydrogen) atoms. The summed E-state index contributed by atoms with van der Waals surface area (Å²) in [6.45, 7) is 5.84. The molecule has 2 rings (SSSR count). The van der Waals surface area contributed by atoms with Gasteiger partial charge in [0.25, 0.3) is 0 Å². The summed E-state index contributed by atoms with van der Waals surface area (Å²) in [5.41, 5.74) is 1.33. The number of nitrogens with zero attached hydrogens (tertiary/aromatic N) is 4. The summed E-state index contributed by atoms with van der Waals surface area (Å²) >= 11 is 0. The van der Waals surface area contributed by atoms with Crippen molar-refractivity contribution in [1.29, 1.82) is 0 Å². The molecular formula is C14H18N4O3. The van der Waals surface area contributed by atoms with Crippen molar-refractivity contribution in [3.63, 3.8) is 0 Å². The van der Waals surface area contributed by atoms with E-state index >= 15 is 0 Å². The first-order valence-electron chi connectivity index (χ1n) is 6.55. The summed E-state index contributed by atoms with van der Waals surface area (Å²) in [6.07, 6.45) is 5.95. The van der Waals surface area contributed by atoms with Crippen LogP contribution in [0.3, 0.4) is 0 Å². The molecule has 2 heterocycles. The highest BCUT2D eigenvalue weighted by Crippen LogP contribution is 2.28. The molecule has 0 aromatic carbocycles. The molecule has 0 saturated carbocycles. The Morgan fingerprint density at radius 1 is 1.48 bits per heavy atom. The van der Waals surface area contributed by atoms with Crippen molar-refractivity contribution < 1.29 is 14.6 Å². The number of ether oxygens (including phenoxy) is 1. The van der Waals surface area contributed by atoms with Gasteiger partial charge in [0.15, 0.2) is 5.75 Å². The molecule has 1 N–H and O–H groups in total. The summed E-state index contributed by atoms with van der Waals surface area (Å²) in [7, 11) is 1.74. The third kappa shape index (κ3) is 3.31. The van der Waals surface area contributed by atoms with Crippen LogP contribution in [0.5, 0.6) is 11.6 Å². The van der Waals surface area contributed by atoms with Crippen molar-refractivity contribution in [1.82, 2.24) is 19.6 Å². The van der Waals surface area contributed by atoms with E-state index in [1.807, 2.05) is 13.8 Å². The Hall–Kier alpha value is -2.57. The standard InChI is InChI=1S/C14H18N4O3/c1-9(2)18-8-11(7-15-18)21-14-12(5-6-13(19)20)10(3)16-17(14)4/h5-9H,1-4H3,(H,19,20)/b6-5+. The van der Waals surface area contributed by atoms with Crippen LogP contribution in [0.15, 0.2) is 18.5 Å². The zero-order valence-corrected chi connectivity index (χ0v) is 12.4. The maximum Gasteiger partial charge on any atom is 0.328 e. The Labute approximate surface area is 122 Å². The number of aromatic nitrogens is 4. The van der Waals surface area contributed by atoms with Crippen LogP contribution in [0.25, 0.3) is 6.08 Å². The van der Waals surface area contributed by atoms with Gasteiger partial charge in [-0.2, -0.15) is 10.2 Å². The number of rotatable bonds is 5. The molecule has 0 radical (unpaired) electrons. The van der Waals surface area contributed by atoms with Crippen LogP contribution in [0.4, 0.5) is 0 Å². The van der Waals surface area contributed by atoms with E-state index in [9.17, 15) is 4.79 Å². The number of hydrogen-bond donors (Lipinski definition) is 1. The summed E-state index contributed by atoms with van der Waals surface area (Å²) in [4.78, 5) is 10.7. The highest BCUT2D eigenvalue weighted by molar-refractivity contribution is 5.86. The molecule has 7 nitrogen and oxygen atoms in total. The molecule has 0 fully saturated rings. The predicted molar refractivity (Wildman–Crippen MR) is 77.3 cm³/mol. The van der Waals surface area contributed by atoms with Crippen LogP contribution in [0.1, 0.15) is 31.1 Å². The maximum absolute atomic E-state index is 10.7. The lowest BCUT2D eigenvalue weighted by atomic mass is 10.2. The topological polar surface area (TPSA) is 82.2 Å². The first-order chi connectivity index (χ1) is 9.88. The first-order valence-corrected chi connectivity index (χ1v) is 6.55. The van der Waals surface area contributed by atoms with Crippen LogP contribution in [0, 0.1) is 6.92 Å². The van der Waals surface area contributed by atoms with Gasteiger partial charge in [0.2, 0.25) is 5.88 Å². The van der Waals surface area contributed by atoms with Gasteiger partial charge < -0.3 is 9.84 Å². The number of carboxylic acids is 1. The van der Waals surface area contributed by atoms with Gasteiger partial charge in [-0.05, 0) is 26.8 Å². The minimum absolute atomic E-state index is 0.238. The fraction of sp³-hybridized carbons (Fsp3) is 0.357. The Balaban J connectivity index is 2.32. The Morgan fingerprint density at radius 2 is 2.19 bits per heavy atom. The van der Waals surface area contributed by atoms with Crippen LogP contribution in [-0.2, 0) is 11.8 Å². The SMILES string of the molecule is Cc1nn(C)c(Oc2cnn(C(C)C)c2)c1/C=C/C(=O)O. The average Bonchev–Trinajstić information content (AvgIpc) is 2.94. The van der Waals surface area contributed by atoms with Crippen molar-refractivity contribution in [3.05, 3.63) is 29.7 Å². The summed E-state index contributed by atoms with van der Waals surface area (Å²) in [6, 6.07) is 0.238. The van der Waals surface area contributed by atoms with Crippen molar-refractivity contribution in [2.24, 2.45) is 7.05 Å². The van der Waals surface area contributed by atoms with E-state index in [0.717, 1.165) is 6.08 Å². The van der Waals surface area contributed by atoms with Crippen molar-refractivity contribution in [2.45, 2.75) is 26.8 Å². The van der Waals surface area contributed by atoms with Gasteiger partial charge in [0.1, 0.15) is 0 Å². The van der Waals surface area contributed by atoms with E-state index in [-0.39, 0.29) is 6.04 Å². The predicted octanol–water partition coefficient (Wildman–Crippen LogP) is 2.40. The van der Waals surface area contributed by atoms with E-state index in [0.29, 0.717) is 22.9 Å². The molecule has 7 heteroatoms. The van der Waals surface area contributed by atoms with Crippen LogP contribution < -0.4 is 4.74 Å². The van der Waals surface area contributed by atoms with E-state index in [4.69, 9.17) is 9.84 Å². The fourth-order valence-corrected chi connectivity index (χ4v) is 1.89. The van der Waals surface area contributed by atoms with Gasteiger partial charge >= 0.3 is 5.97 Å². The van der Waals surface area contributed by atoms with E-state index < -0.39 is 5.97 Å². The normalized spacial score (nSPS) is 11.5. The fourth-order valence-electron chi connectivity index (χ4n) is 1.89. The van der Waals surface area contributed by atoms with Crippen LogP contribution >= 0.6 is 0 Å². The Bertz CT molecular complexity index is 682. The lowest BCUT2D eigenvalue weighted by molar-refractivity contribution is -0.131. The first kappa shape index (κ1) is 14.8. The second kappa shape index (κ2) is 5.82. The number of hydrogen-bond acceptors (Lipinski definition) is 4. The van der Waals surface area contributed by atoms with Crippen molar-refractivity contribution in [3.8, 4) is 11.6 Å². The van der Waals surface area contributed by atoms with Gasteiger partial charge in [-0.1, -0.05) is 0 Å². The maximum atomic E-state index is 10.7. The van der Waals surface area contributed by atoms with Crippen molar-refractivity contribution in [2.75, 3.05) is 0 Å². The second-order valence-electron chi connectivity index (χ2n) is 4.95. The largest absolute Gasteiger partial charge is 0.478 e. The second-order valence-corrected chi connectivity index (χ2v) is 4.95. The molecule has 0 aliphatic carbocycles. The summed E-state index contributed by atoms with van der Waals surface area (Å²) in [5.74, 6) is 0.0433. The quantitative estimate of drug-likeness (QED) is 0.855. The summed E-state index contributed by atoms with van der Waals surface area (Å²) < 4.78 is 9.15. The zero-order valence-electron chi connectivity index (χ0n) is 12.4. The van der Waals surface area contributed by atoms with Crippen LogP contribution in [-0.4, -0.2) is 30.6 Å². The number of aliphatic carboxylic acids is 1. The Morgan fingerprint density at radius 3 is 2.76 bits per heavy atom. The van der Waals surface area contributed by atoms with E-state index in [1.54, 1.807) is 35.7 Å². The van der Waals surface area contributed by atoms with Crippen LogP contribution in [0.2, 0.25) is 0 Å². The summed E-state index contributed by atoms with van der Waals surface area (Å²) in [5, 5.41) is 17.2. The van der Waals surface area contributed by atoms with E-state index in [2.05, 4.69) is 10.2 Å². The van der Waals surface area contributed by atoms with E-state index in [1.165, 1.54) is 6.08 Å². The number of carboxylic acid groups (broad SMARTS) is 1. The minimum atomic E-state index is -1.02. The molecule has 0 unspecified atom stereocenters. The highest BCUT2D eigenvalue weighted by Gasteiger charge is 2.14. The third-order valence-electron chi connectivity index (χ3n) is 2.93. The molecule has 0 aliphatic rings. The molecule has 0 spiro atoms. The van der Waals surface area contributed by atoms with Crippen molar-refractivity contribution >= 4 is 12.0 Å². The Kier molecular flexibility index (Phi) is 4.11. The molecule has 2 aromatic heterocycles. The lowest BCUT2D eigenvalue weighted by Gasteiger charge is -2.05. The molecule has 2 aromatic rings. The third-order valence-corrected chi connectivity index (χ3v) is 2.93. The lowest BCUT2D eigenvalue weighted by Crippen LogP contribution is -2.00. The average molecular weight is 290 g/mol. The van der Waals surface area contributed by atoms with Gasteiger partial charge in [0, 0.05) is 19.2 Å². The number of aryl methyl sites for hydroxylation is 2. The highest BCUT2D eigenvalue weighted by atomic mass is 16.5. The molecule has 0 aliphatic heterocycles. The molecule has 0 amide bonds. The molecular weight excluding hydrogens is 272 g/mol. The van der Waals surface area contributed by atoms with Gasteiger partial charge in [-0.25, -0.2) is 9.48 Å². The monoisotopic (exact) mass is 290 g/mol. The zero-order chi connectivity index (χ0) is 15.6. The molecule has 112 valence electrons. The molecule has 0 saturated heterocycles. The molecule has 0 atom stereocenters. The van der Waals surface area contributed by atoms with Gasteiger partial charge in [-0.15, -0.1) is 0 Å². The molecule has 0 bridgehead atoms. The number of carbonyl (C=O) groups is 1. The smallest absolute Gasteiger partial charge is 0.328 e. The minimum Gasteiger partial charge on any atom is -0.478 e. The van der Waals surface area contributed by atoms with Gasteiger partial charge in [-0.3, -0.25) is 4.68 Å².